The van der Waals surface area contributed by atoms with E-state index in [-0.39, 0.29) is 6.07 Å². The maximum Gasteiger partial charge on any atom is 0.416 e. The molecule has 15 heavy (non-hydrogen) atoms. The molecule has 1 aromatic rings. The number of alkyl halides is 3. The molecule has 0 bridgehead atoms. The SMILES string of the molecule is COC(=O)c1cc(C(F)(F)F)cc(F)n1. The Hall–Kier alpha value is -1.66. The molecule has 0 aliphatic rings. The molecule has 7 heteroatoms. The minimum atomic E-state index is -4.73. The van der Waals surface area contributed by atoms with Gasteiger partial charge in [0.2, 0.25) is 5.95 Å². The molecular weight excluding hydrogens is 218 g/mol. The molecular formula is C8H5F4NO2. The molecule has 0 radical (unpaired) electrons. The van der Waals surface area contributed by atoms with Crippen molar-refractivity contribution < 1.29 is 27.1 Å². The lowest BCUT2D eigenvalue weighted by Crippen LogP contribution is -2.11. The number of nitrogens with zero attached hydrogens (tertiary/aromatic N) is 1. The van der Waals surface area contributed by atoms with Crippen molar-refractivity contribution in [2.24, 2.45) is 0 Å². The summed E-state index contributed by atoms with van der Waals surface area (Å²) >= 11 is 0. The highest BCUT2D eigenvalue weighted by molar-refractivity contribution is 5.87. The van der Waals surface area contributed by atoms with Crippen molar-refractivity contribution >= 4 is 5.97 Å². The van der Waals surface area contributed by atoms with Crippen LogP contribution < -0.4 is 0 Å². The fraction of sp³-hybridized carbons (Fsp3) is 0.250. The zero-order valence-corrected chi connectivity index (χ0v) is 7.43. The maximum absolute atomic E-state index is 12.6. The summed E-state index contributed by atoms with van der Waals surface area (Å²) < 4.78 is 53.3. The molecule has 1 heterocycles. The maximum atomic E-state index is 12.6. The van der Waals surface area contributed by atoms with Crippen LogP contribution in [0.1, 0.15) is 16.1 Å². The molecule has 0 saturated carbocycles. The summed E-state index contributed by atoms with van der Waals surface area (Å²) in [5.41, 5.74) is -2.00. The van der Waals surface area contributed by atoms with Crippen molar-refractivity contribution in [1.29, 1.82) is 0 Å². The Morgan fingerprint density at radius 1 is 1.40 bits per heavy atom. The molecule has 82 valence electrons. The lowest BCUT2D eigenvalue weighted by atomic mass is 10.2. The van der Waals surface area contributed by atoms with Gasteiger partial charge in [0, 0.05) is 6.07 Å². The number of hydrogen-bond acceptors (Lipinski definition) is 3. The van der Waals surface area contributed by atoms with Crippen molar-refractivity contribution in [2.75, 3.05) is 7.11 Å². The van der Waals surface area contributed by atoms with Gasteiger partial charge in [-0.15, -0.1) is 0 Å². The first-order valence-electron chi connectivity index (χ1n) is 3.67. The molecule has 0 N–H and O–H groups in total. The van der Waals surface area contributed by atoms with Crippen molar-refractivity contribution in [3.05, 3.63) is 29.3 Å². The molecule has 1 aromatic heterocycles. The van der Waals surface area contributed by atoms with Gasteiger partial charge in [-0.25, -0.2) is 9.78 Å². The van der Waals surface area contributed by atoms with Crippen molar-refractivity contribution in [1.82, 2.24) is 4.98 Å². The normalized spacial score (nSPS) is 11.3. The van der Waals surface area contributed by atoms with Crippen molar-refractivity contribution in [2.45, 2.75) is 6.18 Å². The number of carbonyl (C=O) groups excluding carboxylic acids is 1. The Labute approximate surface area is 81.7 Å². The van der Waals surface area contributed by atoms with E-state index in [1.165, 1.54) is 0 Å². The Balaban J connectivity index is 3.23. The van der Waals surface area contributed by atoms with Crippen LogP contribution in [0.4, 0.5) is 17.6 Å². The average Bonchev–Trinajstić information content (AvgIpc) is 2.14. The minimum Gasteiger partial charge on any atom is -0.464 e. The van der Waals surface area contributed by atoms with Crippen LogP contribution in [0.25, 0.3) is 0 Å². The lowest BCUT2D eigenvalue weighted by molar-refractivity contribution is -0.137. The third-order valence-corrected chi connectivity index (χ3v) is 1.52. The monoisotopic (exact) mass is 223 g/mol. The fourth-order valence-electron chi connectivity index (χ4n) is 0.870. The molecule has 0 spiro atoms. The van der Waals surface area contributed by atoms with Crippen LogP contribution in [0, 0.1) is 5.95 Å². The summed E-state index contributed by atoms with van der Waals surface area (Å²) in [7, 11) is 0.960. The van der Waals surface area contributed by atoms with Crippen LogP contribution in [0.2, 0.25) is 0 Å². The third-order valence-electron chi connectivity index (χ3n) is 1.52. The number of hydrogen-bond donors (Lipinski definition) is 0. The van der Waals surface area contributed by atoms with E-state index in [9.17, 15) is 22.4 Å². The Kier molecular flexibility index (Phi) is 2.92. The molecule has 0 atom stereocenters. The topological polar surface area (TPSA) is 39.2 Å². The van der Waals surface area contributed by atoms with Crippen LogP contribution in [0.5, 0.6) is 0 Å². The van der Waals surface area contributed by atoms with Crippen molar-refractivity contribution in [3.8, 4) is 0 Å². The van der Waals surface area contributed by atoms with Gasteiger partial charge in [-0.2, -0.15) is 17.6 Å². The quantitative estimate of drug-likeness (QED) is 0.415. The number of halogens is 4. The number of esters is 1. The van der Waals surface area contributed by atoms with Crippen LogP contribution in [-0.4, -0.2) is 18.1 Å². The zero-order chi connectivity index (χ0) is 11.6. The summed E-state index contributed by atoms with van der Waals surface area (Å²) in [6.45, 7) is 0. The molecule has 1 rings (SSSR count). The van der Waals surface area contributed by atoms with Gasteiger partial charge in [-0.3, -0.25) is 0 Å². The van der Waals surface area contributed by atoms with Gasteiger partial charge >= 0.3 is 12.1 Å². The molecule has 0 fully saturated rings. The molecule has 0 aromatic carbocycles. The fourth-order valence-corrected chi connectivity index (χ4v) is 0.870. The van der Waals surface area contributed by atoms with Gasteiger partial charge in [-0.05, 0) is 6.07 Å². The van der Waals surface area contributed by atoms with E-state index < -0.39 is 29.4 Å². The number of pyridine rings is 1. The van der Waals surface area contributed by atoms with E-state index in [0.717, 1.165) is 7.11 Å². The predicted molar refractivity (Wildman–Crippen MR) is 40.5 cm³/mol. The van der Waals surface area contributed by atoms with E-state index in [2.05, 4.69) is 9.72 Å². The second kappa shape index (κ2) is 3.84. The second-order valence-electron chi connectivity index (χ2n) is 2.55. The second-order valence-corrected chi connectivity index (χ2v) is 2.55. The molecule has 0 saturated heterocycles. The molecule has 0 amide bonds. The van der Waals surface area contributed by atoms with E-state index in [1.807, 2.05) is 0 Å². The van der Waals surface area contributed by atoms with Gasteiger partial charge in [0.15, 0.2) is 5.69 Å². The number of aromatic nitrogens is 1. The molecule has 0 unspecified atom stereocenters. The van der Waals surface area contributed by atoms with E-state index >= 15 is 0 Å². The first-order valence-corrected chi connectivity index (χ1v) is 3.67. The van der Waals surface area contributed by atoms with Crippen LogP contribution in [0.15, 0.2) is 12.1 Å². The van der Waals surface area contributed by atoms with Gasteiger partial charge in [-0.1, -0.05) is 0 Å². The third kappa shape index (κ3) is 2.64. The minimum absolute atomic E-state index is 0.201. The van der Waals surface area contributed by atoms with Crippen molar-refractivity contribution in [3.63, 3.8) is 0 Å². The van der Waals surface area contributed by atoms with Crippen LogP contribution >= 0.6 is 0 Å². The van der Waals surface area contributed by atoms with E-state index in [1.54, 1.807) is 0 Å². The largest absolute Gasteiger partial charge is 0.464 e. The predicted octanol–water partition coefficient (Wildman–Crippen LogP) is 2.03. The highest BCUT2D eigenvalue weighted by Gasteiger charge is 2.32. The summed E-state index contributed by atoms with van der Waals surface area (Å²) in [5.74, 6) is -2.51. The summed E-state index contributed by atoms with van der Waals surface area (Å²) in [6, 6.07) is 0.626. The van der Waals surface area contributed by atoms with Crippen LogP contribution in [0.3, 0.4) is 0 Å². The van der Waals surface area contributed by atoms with Crippen LogP contribution in [-0.2, 0) is 10.9 Å². The Bertz CT molecular complexity index is 389. The van der Waals surface area contributed by atoms with E-state index in [4.69, 9.17) is 0 Å². The number of ether oxygens (including phenoxy) is 1. The Morgan fingerprint density at radius 2 is 2.00 bits per heavy atom. The van der Waals surface area contributed by atoms with Gasteiger partial charge in [0.25, 0.3) is 0 Å². The Morgan fingerprint density at radius 3 is 2.47 bits per heavy atom. The summed E-state index contributed by atoms with van der Waals surface area (Å²) in [6.07, 6.45) is -4.73. The molecule has 3 nitrogen and oxygen atoms in total. The first-order chi connectivity index (χ1) is 6.84. The van der Waals surface area contributed by atoms with Gasteiger partial charge < -0.3 is 4.74 Å². The molecule has 0 aliphatic heterocycles. The zero-order valence-electron chi connectivity index (χ0n) is 7.43. The van der Waals surface area contributed by atoms with Gasteiger partial charge in [0.1, 0.15) is 0 Å². The lowest BCUT2D eigenvalue weighted by Gasteiger charge is -2.07. The van der Waals surface area contributed by atoms with E-state index in [0.29, 0.717) is 6.07 Å². The highest BCUT2D eigenvalue weighted by atomic mass is 19.4. The van der Waals surface area contributed by atoms with Gasteiger partial charge in [0.05, 0.1) is 12.7 Å². The number of rotatable bonds is 1. The molecule has 0 aliphatic carbocycles. The first kappa shape index (κ1) is 11.4. The average molecular weight is 223 g/mol. The highest BCUT2D eigenvalue weighted by Crippen LogP contribution is 2.29. The summed E-state index contributed by atoms with van der Waals surface area (Å²) in [5, 5.41) is 0. The number of carbonyl (C=O) groups is 1. The standard InChI is InChI=1S/C8H5F4NO2/c1-15-7(14)5-2-4(8(10,11)12)3-6(9)13-5/h2-3H,1H3. The summed E-state index contributed by atoms with van der Waals surface area (Å²) in [4.78, 5) is 13.8. The number of methoxy groups -OCH3 is 1. The smallest absolute Gasteiger partial charge is 0.416 e.